The molecule has 3 aromatic rings. The highest BCUT2D eigenvalue weighted by molar-refractivity contribution is 6.30. The normalized spacial score (nSPS) is 10.3. The number of hydrogen-bond acceptors (Lipinski definition) is 4. The summed E-state index contributed by atoms with van der Waals surface area (Å²) in [5, 5.41) is 3.26. The smallest absolute Gasteiger partial charge is 0.295 e. The van der Waals surface area contributed by atoms with Crippen LogP contribution in [0.25, 0.3) is 0 Å². The zero-order valence-corrected chi connectivity index (χ0v) is 15.3. The van der Waals surface area contributed by atoms with Gasteiger partial charge in [-0.3, -0.25) is 9.59 Å². The molecule has 1 heterocycles. The van der Waals surface area contributed by atoms with Gasteiger partial charge in [0.15, 0.2) is 0 Å². The van der Waals surface area contributed by atoms with Gasteiger partial charge in [0.1, 0.15) is 17.9 Å². The number of hydrogen-bond donors (Lipinski definition) is 1. The summed E-state index contributed by atoms with van der Waals surface area (Å²) in [6, 6.07) is 17.0. The molecule has 0 bridgehead atoms. The maximum atomic E-state index is 12.5. The van der Waals surface area contributed by atoms with Crippen LogP contribution >= 0.6 is 11.6 Å². The second kappa shape index (κ2) is 8.42. The van der Waals surface area contributed by atoms with Crippen molar-refractivity contribution in [3.05, 3.63) is 93.4 Å². The Bertz CT molecular complexity index is 1020. The van der Waals surface area contributed by atoms with Crippen molar-refractivity contribution in [1.29, 1.82) is 0 Å². The molecule has 0 fully saturated rings. The number of rotatable bonds is 6. The van der Waals surface area contributed by atoms with Gasteiger partial charge in [-0.15, -0.1) is 0 Å². The summed E-state index contributed by atoms with van der Waals surface area (Å²) in [6.45, 7) is 0.140. The van der Waals surface area contributed by atoms with E-state index in [1.165, 1.54) is 19.4 Å². The number of methoxy groups -OCH3 is 1. The number of carbonyl (C=O) groups is 1. The number of nitrogens with one attached hydrogen (secondary N) is 1. The number of nitrogens with zero attached hydrogens (tertiary/aromatic N) is 1. The highest BCUT2D eigenvalue weighted by Gasteiger charge is 2.13. The first kappa shape index (κ1) is 18.5. The van der Waals surface area contributed by atoms with Crippen molar-refractivity contribution in [3.63, 3.8) is 0 Å². The third kappa shape index (κ3) is 4.68. The van der Waals surface area contributed by atoms with Crippen LogP contribution in [0.4, 0.5) is 5.69 Å². The van der Waals surface area contributed by atoms with E-state index in [2.05, 4.69) is 5.32 Å². The number of pyridine rings is 1. The Kier molecular flexibility index (Phi) is 5.78. The zero-order chi connectivity index (χ0) is 19.2. The second-order valence-corrected chi connectivity index (χ2v) is 6.08. The molecule has 3 rings (SSSR count). The zero-order valence-electron chi connectivity index (χ0n) is 14.5. The minimum Gasteiger partial charge on any atom is -0.497 e. The molecule has 0 aliphatic carbocycles. The number of halogens is 1. The topological polar surface area (TPSA) is 69.6 Å². The summed E-state index contributed by atoms with van der Waals surface area (Å²) < 4.78 is 6.15. The van der Waals surface area contributed by atoms with Crippen LogP contribution in [0, 0.1) is 0 Å². The lowest BCUT2D eigenvalue weighted by molar-refractivity contribution is 0.0863. The van der Waals surface area contributed by atoms with Crippen LogP contribution in [0.2, 0.25) is 5.02 Å². The number of aromatic nitrogens is 1. The highest BCUT2D eigenvalue weighted by atomic mass is 35.5. The molecule has 1 N–H and O–H groups in total. The van der Waals surface area contributed by atoms with Gasteiger partial charge in [-0.2, -0.15) is 4.73 Å². The van der Waals surface area contributed by atoms with E-state index in [9.17, 15) is 9.59 Å². The Morgan fingerprint density at radius 1 is 1.11 bits per heavy atom. The van der Waals surface area contributed by atoms with E-state index in [-0.39, 0.29) is 12.2 Å². The Morgan fingerprint density at radius 3 is 2.70 bits per heavy atom. The van der Waals surface area contributed by atoms with Gasteiger partial charge in [-0.1, -0.05) is 29.8 Å². The number of benzene rings is 2. The van der Waals surface area contributed by atoms with Gasteiger partial charge in [-0.25, -0.2) is 0 Å². The molecule has 2 aromatic carbocycles. The van der Waals surface area contributed by atoms with Gasteiger partial charge < -0.3 is 14.9 Å². The van der Waals surface area contributed by atoms with Gasteiger partial charge in [0.25, 0.3) is 11.5 Å². The van der Waals surface area contributed by atoms with Gasteiger partial charge in [0.2, 0.25) is 0 Å². The standard InChI is InChI=1S/C20H17ClN2O4/c1-26-17-8-3-7-16(12-17)22-19(24)18-9-4-10-23(20(18)25)27-13-14-5-2-6-15(21)11-14/h2-12H,13H2,1H3,(H,22,24). The summed E-state index contributed by atoms with van der Waals surface area (Å²) in [6.07, 6.45) is 1.45. The van der Waals surface area contributed by atoms with Crippen LogP contribution < -0.4 is 20.5 Å². The van der Waals surface area contributed by atoms with Gasteiger partial charge >= 0.3 is 0 Å². The molecular formula is C20H17ClN2O4. The van der Waals surface area contributed by atoms with Crippen LogP contribution in [0.3, 0.4) is 0 Å². The van der Waals surface area contributed by atoms with E-state index in [4.69, 9.17) is 21.2 Å². The third-order valence-electron chi connectivity index (χ3n) is 3.75. The van der Waals surface area contributed by atoms with Gasteiger partial charge in [-0.05, 0) is 42.0 Å². The van der Waals surface area contributed by atoms with Crippen LogP contribution in [0.15, 0.2) is 71.7 Å². The Morgan fingerprint density at radius 2 is 1.93 bits per heavy atom. The fourth-order valence-corrected chi connectivity index (χ4v) is 2.63. The molecule has 0 saturated carbocycles. The number of anilines is 1. The summed E-state index contributed by atoms with van der Waals surface area (Å²) in [5.41, 5.74) is 0.737. The molecule has 0 saturated heterocycles. The average molecular weight is 385 g/mol. The molecule has 6 nitrogen and oxygen atoms in total. The van der Waals surface area contributed by atoms with Crippen molar-refractivity contribution in [3.8, 4) is 5.75 Å². The maximum Gasteiger partial charge on any atom is 0.295 e. The fraction of sp³-hybridized carbons (Fsp3) is 0.100. The van der Waals surface area contributed by atoms with Crippen molar-refractivity contribution in [2.24, 2.45) is 0 Å². The molecule has 138 valence electrons. The minimum absolute atomic E-state index is 0.0357. The van der Waals surface area contributed by atoms with Gasteiger partial charge in [0, 0.05) is 23.0 Å². The lowest BCUT2D eigenvalue weighted by Gasteiger charge is -2.11. The lowest BCUT2D eigenvalue weighted by atomic mass is 10.2. The molecular weight excluding hydrogens is 368 g/mol. The van der Waals surface area contributed by atoms with Crippen molar-refractivity contribution < 1.29 is 14.4 Å². The maximum absolute atomic E-state index is 12.5. The summed E-state index contributed by atoms with van der Waals surface area (Å²) in [5.74, 6) is 0.0667. The van der Waals surface area contributed by atoms with Crippen LogP contribution in [0.5, 0.6) is 5.75 Å². The van der Waals surface area contributed by atoms with E-state index in [1.807, 2.05) is 6.07 Å². The van der Waals surface area contributed by atoms with Crippen LogP contribution in [-0.4, -0.2) is 17.7 Å². The summed E-state index contributed by atoms with van der Waals surface area (Å²) in [4.78, 5) is 30.5. The summed E-state index contributed by atoms with van der Waals surface area (Å²) in [7, 11) is 1.54. The van der Waals surface area contributed by atoms with E-state index in [0.29, 0.717) is 16.5 Å². The fourth-order valence-electron chi connectivity index (χ4n) is 2.42. The van der Waals surface area contributed by atoms with Crippen molar-refractivity contribution in [2.75, 3.05) is 12.4 Å². The monoisotopic (exact) mass is 384 g/mol. The molecule has 27 heavy (non-hydrogen) atoms. The Hall–Kier alpha value is -3.25. The van der Waals surface area contributed by atoms with E-state index >= 15 is 0 Å². The first-order chi connectivity index (χ1) is 13.1. The Balaban J connectivity index is 1.75. The predicted octanol–water partition coefficient (Wildman–Crippen LogP) is 3.39. The molecule has 0 unspecified atom stereocenters. The van der Waals surface area contributed by atoms with Crippen molar-refractivity contribution >= 4 is 23.2 Å². The second-order valence-electron chi connectivity index (χ2n) is 5.64. The van der Waals surface area contributed by atoms with Crippen LogP contribution in [0.1, 0.15) is 15.9 Å². The molecule has 0 atom stereocenters. The Labute approximate surface area is 160 Å². The van der Waals surface area contributed by atoms with E-state index in [1.54, 1.807) is 48.5 Å². The predicted molar refractivity (Wildman–Crippen MR) is 103 cm³/mol. The number of amides is 1. The summed E-state index contributed by atoms with van der Waals surface area (Å²) >= 11 is 5.94. The van der Waals surface area contributed by atoms with Crippen LogP contribution in [-0.2, 0) is 6.61 Å². The van der Waals surface area contributed by atoms with E-state index < -0.39 is 11.5 Å². The molecule has 1 aromatic heterocycles. The van der Waals surface area contributed by atoms with Crippen molar-refractivity contribution in [1.82, 2.24) is 4.73 Å². The number of carbonyl (C=O) groups excluding carboxylic acids is 1. The quantitative estimate of drug-likeness (QED) is 0.707. The third-order valence-corrected chi connectivity index (χ3v) is 3.98. The SMILES string of the molecule is COc1cccc(NC(=O)c2cccn(OCc3cccc(Cl)c3)c2=O)c1. The first-order valence-corrected chi connectivity index (χ1v) is 8.49. The highest BCUT2D eigenvalue weighted by Crippen LogP contribution is 2.17. The molecule has 0 spiro atoms. The first-order valence-electron chi connectivity index (χ1n) is 8.11. The van der Waals surface area contributed by atoms with Crippen molar-refractivity contribution in [2.45, 2.75) is 6.61 Å². The molecule has 0 aliphatic heterocycles. The molecule has 7 heteroatoms. The average Bonchev–Trinajstić information content (AvgIpc) is 2.67. The van der Waals surface area contributed by atoms with Gasteiger partial charge in [0.05, 0.1) is 7.11 Å². The molecule has 0 radical (unpaired) electrons. The molecule has 0 aliphatic rings. The number of ether oxygens (including phenoxy) is 1. The largest absolute Gasteiger partial charge is 0.497 e. The lowest BCUT2D eigenvalue weighted by Crippen LogP contribution is -2.32. The molecule has 1 amide bonds. The minimum atomic E-state index is -0.556. The van der Waals surface area contributed by atoms with E-state index in [0.717, 1.165) is 10.3 Å².